The number of rotatable bonds is 3. The average Bonchev–Trinajstić information content (AvgIpc) is 2.32. The highest BCUT2D eigenvalue weighted by Gasteiger charge is 2.30. The molecule has 0 aromatic rings. The molecule has 2 rings (SSSR count). The summed E-state index contributed by atoms with van der Waals surface area (Å²) in [6, 6.07) is 0.765. The molecule has 1 aliphatic heterocycles. The number of nitrogens with one attached hydrogen (secondary N) is 1. The van der Waals surface area contributed by atoms with E-state index in [1.54, 1.807) is 0 Å². The van der Waals surface area contributed by atoms with Gasteiger partial charge in [0.1, 0.15) is 0 Å². The standard InChI is InChI=1S/C15H29NO/c1-12-4-5-14(10-13(12)2)16-11-15(3)6-8-17-9-7-15/h12-14,16H,4-11H2,1-3H3. The van der Waals surface area contributed by atoms with E-state index >= 15 is 0 Å². The lowest BCUT2D eigenvalue weighted by atomic mass is 9.78. The summed E-state index contributed by atoms with van der Waals surface area (Å²) in [5.74, 6) is 1.82. The highest BCUT2D eigenvalue weighted by molar-refractivity contribution is 4.84. The van der Waals surface area contributed by atoms with Crippen LogP contribution in [0.1, 0.15) is 52.9 Å². The minimum absolute atomic E-state index is 0.477. The van der Waals surface area contributed by atoms with Crippen molar-refractivity contribution >= 4 is 0 Å². The van der Waals surface area contributed by atoms with Crippen molar-refractivity contribution in [2.75, 3.05) is 19.8 Å². The Hall–Kier alpha value is -0.0800. The van der Waals surface area contributed by atoms with E-state index in [2.05, 4.69) is 26.1 Å². The molecule has 0 radical (unpaired) electrons. The molecular formula is C15H29NO. The zero-order valence-electron chi connectivity index (χ0n) is 11.8. The fraction of sp³-hybridized carbons (Fsp3) is 1.00. The predicted octanol–water partition coefficient (Wildman–Crippen LogP) is 3.22. The maximum Gasteiger partial charge on any atom is 0.0471 e. The van der Waals surface area contributed by atoms with Crippen molar-refractivity contribution in [3.63, 3.8) is 0 Å². The van der Waals surface area contributed by atoms with Crippen LogP contribution in [0, 0.1) is 17.3 Å². The molecule has 100 valence electrons. The molecule has 17 heavy (non-hydrogen) atoms. The van der Waals surface area contributed by atoms with Crippen LogP contribution < -0.4 is 5.32 Å². The van der Waals surface area contributed by atoms with Gasteiger partial charge in [0.15, 0.2) is 0 Å². The molecule has 2 aliphatic rings. The molecule has 1 saturated heterocycles. The van der Waals surface area contributed by atoms with Crippen LogP contribution >= 0.6 is 0 Å². The Morgan fingerprint density at radius 3 is 2.47 bits per heavy atom. The van der Waals surface area contributed by atoms with Gasteiger partial charge in [-0.1, -0.05) is 20.8 Å². The van der Waals surface area contributed by atoms with Gasteiger partial charge in [0.25, 0.3) is 0 Å². The molecule has 1 aliphatic carbocycles. The lowest BCUT2D eigenvalue weighted by Crippen LogP contribution is -2.43. The summed E-state index contributed by atoms with van der Waals surface area (Å²) in [6.45, 7) is 10.3. The molecule has 0 bridgehead atoms. The molecule has 3 unspecified atom stereocenters. The summed E-state index contributed by atoms with van der Waals surface area (Å²) >= 11 is 0. The van der Waals surface area contributed by atoms with E-state index < -0.39 is 0 Å². The van der Waals surface area contributed by atoms with Gasteiger partial charge in [-0.25, -0.2) is 0 Å². The average molecular weight is 239 g/mol. The molecule has 0 spiro atoms. The van der Waals surface area contributed by atoms with Crippen LogP contribution in [0.3, 0.4) is 0 Å². The maximum absolute atomic E-state index is 5.46. The van der Waals surface area contributed by atoms with Gasteiger partial charge in [-0.3, -0.25) is 0 Å². The van der Waals surface area contributed by atoms with Gasteiger partial charge in [0.2, 0.25) is 0 Å². The van der Waals surface area contributed by atoms with Crippen LogP contribution in [0.5, 0.6) is 0 Å². The van der Waals surface area contributed by atoms with E-state index in [9.17, 15) is 0 Å². The monoisotopic (exact) mass is 239 g/mol. The van der Waals surface area contributed by atoms with Crippen molar-refractivity contribution < 1.29 is 4.74 Å². The first-order chi connectivity index (χ1) is 8.09. The zero-order chi connectivity index (χ0) is 12.3. The predicted molar refractivity (Wildman–Crippen MR) is 72.1 cm³/mol. The smallest absolute Gasteiger partial charge is 0.0471 e. The van der Waals surface area contributed by atoms with Gasteiger partial charge < -0.3 is 10.1 Å². The van der Waals surface area contributed by atoms with E-state index in [0.717, 1.165) is 31.1 Å². The Morgan fingerprint density at radius 1 is 1.12 bits per heavy atom. The highest BCUT2D eigenvalue weighted by Crippen LogP contribution is 2.32. The van der Waals surface area contributed by atoms with Crippen molar-refractivity contribution in [3.05, 3.63) is 0 Å². The molecule has 1 saturated carbocycles. The zero-order valence-corrected chi connectivity index (χ0v) is 11.8. The second-order valence-corrected chi connectivity index (χ2v) is 6.77. The van der Waals surface area contributed by atoms with Crippen molar-refractivity contribution in [1.29, 1.82) is 0 Å². The fourth-order valence-corrected chi connectivity index (χ4v) is 3.16. The third-order valence-electron chi connectivity index (χ3n) is 5.12. The van der Waals surface area contributed by atoms with Crippen molar-refractivity contribution in [2.45, 2.75) is 58.9 Å². The van der Waals surface area contributed by atoms with E-state index in [1.807, 2.05) is 0 Å². The lowest BCUT2D eigenvalue weighted by molar-refractivity contribution is 0.0215. The van der Waals surface area contributed by atoms with Crippen LogP contribution in [0.15, 0.2) is 0 Å². The van der Waals surface area contributed by atoms with Crippen LogP contribution in [-0.4, -0.2) is 25.8 Å². The third kappa shape index (κ3) is 3.69. The van der Waals surface area contributed by atoms with Gasteiger partial charge in [0, 0.05) is 25.8 Å². The molecule has 0 amide bonds. The molecule has 2 heteroatoms. The summed E-state index contributed by atoms with van der Waals surface area (Å²) in [5, 5.41) is 3.83. The van der Waals surface area contributed by atoms with Crippen LogP contribution in [0.4, 0.5) is 0 Å². The van der Waals surface area contributed by atoms with Crippen LogP contribution in [-0.2, 0) is 4.74 Å². The quantitative estimate of drug-likeness (QED) is 0.816. The largest absolute Gasteiger partial charge is 0.381 e. The van der Waals surface area contributed by atoms with Crippen molar-refractivity contribution in [3.8, 4) is 0 Å². The summed E-state index contributed by atoms with van der Waals surface area (Å²) in [6.07, 6.45) is 6.59. The normalized spacial score (nSPS) is 37.9. The van der Waals surface area contributed by atoms with Crippen LogP contribution in [0.25, 0.3) is 0 Å². The SMILES string of the molecule is CC1CCC(NCC2(C)CCOCC2)CC1C. The third-order valence-corrected chi connectivity index (χ3v) is 5.12. The molecule has 2 fully saturated rings. The summed E-state index contributed by atoms with van der Waals surface area (Å²) in [5.41, 5.74) is 0.477. The second-order valence-electron chi connectivity index (χ2n) is 6.77. The van der Waals surface area contributed by atoms with E-state index in [1.165, 1.54) is 38.6 Å². The number of hydrogen-bond donors (Lipinski definition) is 1. The van der Waals surface area contributed by atoms with Crippen LogP contribution in [0.2, 0.25) is 0 Å². The fourth-order valence-electron chi connectivity index (χ4n) is 3.16. The first kappa shape index (κ1) is 13.4. The Bertz CT molecular complexity index is 235. The van der Waals surface area contributed by atoms with Gasteiger partial charge in [-0.2, -0.15) is 0 Å². The van der Waals surface area contributed by atoms with Crippen molar-refractivity contribution in [1.82, 2.24) is 5.32 Å². The number of ether oxygens (including phenoxy) is 1. The topological polar surface area (TPSA) is 21.3 Å². The molecular weight excluding hydrogens is 210 g/mol. The molecule has 0 aromatic carbocycles. The first-order valence-electron chi connectivity index (χ1n) is 7.40. The summed E-state index contributed by atoms with van der Waals surface area (Å²) in [4.78, 5) is 0. The van der Waals surface area contributed by atoms with E-state index in [4.69, 9.17) is 4.74 Å². The molecule has 1 heterocycles. The Kier molecular flexibility index (Phi) is 4.48. The van der Waals surface area contributed by atoms with Gasteiger partial charge in [-0.15, -0.1) is 0 Å². The molecule has 2 nitrogen and oxygen atoms in total. The highest BCUT2D eigenvalue weighted by atomic mass is 16.5. The minimum Gasteiger partial charge on any atom is -0.381 e. The molecule has 3 atom stereocenters. The Morgan fingerprint density at radius 2 is 1.82 bits per heavy atom. The van der Waals surface area contributed by atoms with E-state index in [0.29, 0.717) is 5.41 Å². The minimum atomic E-state index is 0.477. The summed E-state index contributed by atoms with van der Waals surface area (Å²) < 4.78 is 5.46. The lowest BCUT2D eigenvalue weighted by Gasteiger charge is -2.38. The van der Waals surface area contributed by atoms with Gasteiger partial charge in [-0.05, 0) is 49.4 Å². The molecule has 0 aromatic heterocycles. The van der Waals surface area contributed by atoms with Gasteiger partial charge in [0.05, 0.1) is 0 Å². The molecule has 1 N–H and O–H groups in total. The van der Waals surface area contributed by atoms with E-state index in [-0.39, 0.29) is 0 Å². The summed E-state index contributed by atoms with van der Waals surface area (Å²) in [7, 11) is 0. The first-order valence-corrected chi connectivity index (χ1v) is 7.40. The second kappa shape index (κ2) is 5.71. The van der Waals surface area contributed by atoms with Crippen molar-refractivity contribution in [2.24, 2.45) is 17.3 Å². The Balaban J connectivity index is 1.74. The Labute approximate surface area is 107 Å². The number of hydrogen-bond acceptors (Lipinski definition) is 2. The van der Waals surface area contributed by atoms with Gasteiger partial charge >= 0.3 is 0 Å². The maximum atomic E-state index is 5.46.